The molecule has 0 aliphatic rings. The van der Waals surface area contributed by atoms with Crippen molar-refractivity contribution < 1.29 is 4.79 Å². The molecule has 1 heterocycles. The van der Waals surface area contributed by atoms with Crippen LogP contribution in [-0.2, 0) is 0 Å². The fourth-order valence-corrected chi connectivity index (χ4v) is 0.926. The third-order valence-electron chi connectivity index (χ3n) is 1.60. The van der Waals surface area contributed by atoms with Crippen LogP contribution in [0.4, 0.5) is 0 Å². The number of carbonyl (C=O) groups is 1. The molecule has 72 valence electrons. The van der Waals surface area contributed by atoms with Crippen LogP contribution in [0.15, 0.2) is 6.07 Å². The van der Waals surface area contributed by atoms with Crippen LogP contribution in [0, 0.1) is 6.92 Å². The Hall–Kier alpha value is -1.36. The highest BCUT2D eigenvalue weighted by Gasteiger charge is 2.06. The number of likely N-dealkylation sites (N-methyl/N-ethyl adjacent to an activating group) is 1. The van der Waals surface area contributed by atoms with Crippen LogP contribution in [-0.4, -0.2) is 36.2 Å². The van der Waals surface area contributed by atoms with Crippen molar-refractivity contribution in [1.29, 1.82) is 0 Å². The van der Waals surface area contributed by atoms with E-state index in [2.05, 4.69) is 20.8 Å². The number of carbonyl (C=O) groups excluding carboxylic acids is 1. The molecule has 0 fully saturated rings. The number of aromatic nitrogens is 2. The average Bonchev–Trinajstić information content (AvgIpc) is 2.52. The minimum atomic E-state index is -0.139. The van der Waals surface area contributed by atoms with Gasteiger partial charge in [-0.15, -0.1) is 0 Å². The number of amides is 1. The van der Waals surface area contributed by atoms with Gasteiger partial charge < -0.3 is 10.6 Å². The summed E-state index contributed by atoms with van der Waals surface area (Å²) in [5.74, 6) is -0.139. The monoisotopic (exact) mass is 182 g/mol. The van der Waals surface area contributed by atoms with Gasteiger partial charge >= 0.3 is 0 Å². The van der Waals surface area contributed by atoms with Crippen molar-refractivity contribution in [1.82, 2.24) is 20.8 Å². The normalized spacial score (nSPS) is 10.0. The highest BCUT2D eigenvalue weighted by atomic mass is 16.1. The Morgan fingerprint density at radius 3 is 2.92 bits per heavy atom. The maximum Gasteiger partial charge on any atom is 0.271 e. The number of H-pyrrole nitrogens is 1. The Kier molecular flexibility index (Phi) is 3.45. The van der Waals surface area contributed by atoms with Crippen molar-refractivity contribution in [2.24, 2.45) is 0 Å². The molecule has 0 unspecified atom stereocenters. The van der Waals surface area contributed by atoms with E-state index in [0.29, 0.717) is 12.2 Å². The number of nitrogens with zero attached hydrogens (tertiary/aromatic N) is 1. The third kappa shape index (κ3) is 2.87. The molecule has 0 spiro atoms. The van der Waals surface area contributed by atoms with Crippen molar-refractivity contribution >= 4 is 5.91 Å². The molecule has 13 heavy (non-hydrogen) atoms. The predicted molar refractivity (Wildman–Crippen MR) is 49.6 cm³/mol. The van der Waals surface area contributed by atoms with Gasteiger partial charge in [0.15, 0.2) is 0 Å². The van der Waals surface area contributed by atoms with E-state index in [1.165, 1.54) is 0 Å². The molecular formula is C8H14N4O. The first kappa shape index (κ1) is 9.73. The lowest BCUT2D eigenvalue weighted by molar-refractivity contribution is 0.0949. The molecule has 0 aliphatic carbocycles. The topological polar surface area (TPSA) is 69.8 Å². The Morgan fingerprint density at radius 2 is 2.38 bits per heavy atom. The fraction of sp³-hybridized carbons (Fsp3) is 0.500. The van der Waals surface area contributed by atoms with Crippen molar-refractivity contribution in [2.45, 2.75) is 6.92 Å². The Morgan fingerprint density at radius 1 is 1.62 bits per heavy atom. The van der Waals surface area contributed by atoms with E-state index in [4.69, 9.17) is 0 Å². The Bertz CT molecular complexity index is 281. The van der Waals surface area contributed by atoms with Crippen LogP contribution >= 0.6 is 0 Å². The molecule has 0 radical (unpaired) electrons. The van der Waals surface area contributed by atoms with Gasteiger partial charge in [0.05, 0.1) is 0 Å². The molecule has 1 rings (SSSR count). The van der Waals surface area contributed by atoms with E-state index in [9.17, 15) is 4.79 Å². The summed E-state index contributed by atoms with van der Waals surface area (Å²) in [6, 6.07) is 1.72. The molecule has 0 aromatic carbocycles. The second-order valence-electron chi connectivity index (χ2n) is 2.80. The van der Waals surface area contributed by atoms with Gasteiger partial charge in [-0.2, -0.15) is 5.10 Å². The first-order chi connectivity index (χ1) is 6.24. The quantitative estimate of drug-likeness (QED) is 0.558. The summed E-state index contributed by atoms with van der Waals surface area (Å²) in [5.41, 5.74) is 1.33. The van der Waals surface area contributed by atoms with Crippen molar-refractivity contribution in [2.75, 3.05) is 20.1 Å². The van der Waals surface area contributed by atoms with Gasteiger partial charge in [-0.25, -0.2) is 0 Å². The van der Waals surface area contributed by atoms with Gasteiger partial charge in [0, 0.05) is 18.8 Å². The fourth-order valence-electron chi connectivity index (χ4n) is 0.926. The van der Waals surface area contributed by atoms with Gasteiger partial charge in [-0.3, -0.25) is 9.89 Å². The first-order valence-corrected chi connectivity index (χ1v) is 4.19. The van der Waals surface area contributed by atoms with Crippen LogP contribution in [0.2, 0.25) is 0 Å². The van der Waals surface area contributed by atoms with Crippen LogP contribution < -0.4 is 10.6 Å². The van der Waals surface area contributed by atoms with Gasteiger partial charge in [0.25, 0.3) is 5.91 Å². The molecule has 1 aromatic heterocycles. The summed E-state index contributed by atoms with van der Waals surface area (Å²) in [7, 11) is 1.84. The maximum atomic E-state index is 11.3. The minimum Gasteiger partial charge on any atom is -0.349 e. The van der Waals surface area contributed by atoms with E-state index in [1.54, 1.807) is 6.07 Å². The minimum absolute atomic E-state index is 0.139. The highest BCUT2D eigenvalue weighted by molar-refractivity contribution is 5.92. The second-order valence-corrected chi connectivity index (χ2v) is 2.80. The number of rotatable bonds is 4. The zero-order valence-corrected chi connectivity index (χ0v) is 7.85. The summed E-state index contributed by atoms with van der Waals surface area (Å²) in [5, 5.41) is 12.2. The Labute approximate surface area is 76.9 Å². The van der Waals surface area contributed by atoms with Gasteiger partial charge in [0.2, 0.25) is 0 Å². The van der Waals surface area contributed by atoms with Crippen molar-refractivity contribution in [3.63, 3.8) is 0 Å². The molecule has 0 atom stereocenters. The molecular weight excluding hydrogens is 168 g/mol. The molecule has 0 aliphatic heterocycles. The Balaban J connectivity index is 2.40. The number of hydrogen-bond donors (Lipinski definition) is 3. The number of nitrogens with one attached hydrogen (secondary N) is 3. The van der Waals surface area contributed by atoms with Crippen LogP contribution in [0.3, 0.4) is 0 Å². The van der Waals surface area contributed by atoms with E-state index in [1.807, 2.05) is 14.0 Å². The van der Waals surface area contributed by atoms with Crippen LogP contribution in [0.1, 0.15) is 16.2 Å². The highest BCUT2D eigenvalue weighted by Crippen LogP contribution is 1.96. The maximum absolute atomic E-state index is 11.3. The van der Waals surface area contributed by atoms with E-state index in [0.717, 1.165) is 12.2 Å². The molecule has 1 amide bonds. The molecule has 0 saturated heterocycles. The molecule has 5 heteroatoms. The molecule has 0 saturated carbocycles. The summed E-state index contributed by atoms with van der Waals surface area (Å²) in [6.07, 6.45) is 0. The summed E-state index contributed by atoms with van der Waals surface area (Å²) in [4.78, 5) is 11.3. The molecule has 5 nitrogen and oxygen atoms in total. The predicted octanol–water partition coefficient (Wildman–Crippen LogP) is -0.333. The molecule has 0 bridgehead atoms. The largest absolute Gasteiger partial charge is 0.349 e. The summed E-state index contributed by atoms with van der Waals surface area (Å²) < 4.78 is 0. The van der Waals surface area contributed by atoms with E-state index >= 15 is 0 Å². The number of aromatic amines is 1. The zero-order chi connectivity index (χ0) is 9.68. The smallest absolute Gasteiger partial charge is 0.271 e. The summed E-state index contributed by atoms with van der Waals surface area (Å²) in [6.45, 7) is 3.23. The van der Waals surface area contributed by atoms with Gasteiger partial charge in [-0.05, 0) is 20.0 Å². The van der Waals surface area contributed by atoms with Crippen molar-refractivity contribution in [3.8, 4) is 0 Å². The standard InChI is InChI=1S/C8H14N4O/c1-6-5-7(12-11-6)8(13)10-4-3-9-2/h5,9H,3-4H2,1-2H3,(H,10,13)(H,11,12). The van der Waals surface area contributed by atoms with Gasteiger partial charge in [-0.1, -0.05) is 0 Å². The zero-order valence-electron chi connectivity index (χ0n) is 7.85. The summed E-state index contributed by atoms with van der Waals surface area (Å²) >= 11 is 0. The first-order valence-electron chi connectivity index (χ1n) is 4.19. The van der Waals surface area contributed by atoms with Crippen LogP contribution in [0.25, 0.3) is 0 Å². The molecule has 1 aromatic rings. The van der Waals surface area contributed by atoms with Gasteiger partial charge in [0.1, 0.15) is 5.69 Å². The lowest BCUT2D eigenvalue weighted by atomic mass is 10.3. The van der Waals surface area contributed by atoms with E-state index in [-0.39, 0.29) is 5.91 Å². The van der Waals surface area contributed by atoms with Crippen LogP contribution in [0.5, 0.6) is 0 Å². The number of hydrogen-bond acceptors (Lipinski definition) is 3. The van der Waals surface area contributed by atoms with E-state index < -0.39 is 0 Å². The molecule has 3 N–H and O–H groups in total. The number of aryl methyl sites for hydroxylation is 1. The average molecular weight is 182 g/mol. The third-order valence-corrected chi connectivity index (χ3v) is 1.60. The lowest BCUT2D eigenvalue weighted by Crippen LogP contribution is -2.30. The second kappa shape index (κ2) is 4.61. The SMILES string of the molecule is CNCCNC(=O)c1cc(C)[nH]n1. The lowest BCUT2D eigenvalue weighted by Gasteiger charge is -2.00. The van der Waals surface area contributed by atoms with Crippen molar-refractivity contribution in [3.05, 3.63) is 17.5 Å².